The number of hydrogen-bond donors (Lipinski definition) is 1. The van der Waals surface area contributed by atoms with E-state index in [4.69, 9.17) is 14.6 Å². The maximum atomic E-state index is 11.3. The third kappa shape index (κ3) is 5.08. The number of rotatable bonds is 7. The Morgan fingerprint density at radius 3 is 2.00 bits per heavy atom. The first-order valence-corrected chi connectivity index (χ1v) is 7.75. The molecule has 3 aromatic rings. The van der Waals surface area contributed by atoms with E-state index in [1.807, 2.05) is 42.5 Å². The molecule has 26 heavy (non-hydrogen) atoms. The van der Waals surface area contributed by atoms with Crippen molar-refractivity contribution in [2.24, 2.45) is 0 Å². The Morgan fingerprint density at radius 1 is 0.769 bits per heavy atom. The van der Waals surface area contributed by atoms with Gasteiger partial charge in [-0.25, -0.2) is 4.79 Å². The summed E-state index contributed by atoms with van der Waals surface area (Å²) in [5.74, 6) is -1.10. The zero-order valence-corrected chi connectivity index (χ0v) is 13.3. The van der Waals surface area contributed by atoms with Gasteiger partial charge in [0.15, 0.2) is 0 Å². The molecule has 0 aliphatic carbocycles. The Balaban J connectivity index is 0.00000243. The summed E-state index contributed by atoms with van der Waals surface area (Å²) in [7, 11) is 0. The molecule has 0 aliphatic heterocycles. The summed E-state index contributed by atoms with van der Waals surface area (Å²) >= 11 is 0. The number of fused-ring (bicyclic) bond motifs is 1. The monoisotopic (exact) mass is 360 g/mol. The average Bonchev–Trinajstić information content (AvgIpc) is 2.65. The molecule has 0 amide bonds. The molecule has 5 nitrogen and oxygen atoms in total. The number of carbonyl (C=O) groups is 2. The van der Waals surface area contributed by atoms with Gasteiger partial charge in [-0.1, -0.05) is 30.3 Å². The predicted molar refractivity (Wildman–Crippen MR) is 100 cm³/mol. The van der Waals surface area contributed by atoms with Gasteiger partial charge in [0.2, 0.25) is 0 Å². The third-order valence-electron chi connectivity index (χ3n) is 3.65. The van der Waals surface area contributed by atoms with Gasteiger partial charge in [0.25, 0.3) is 5.78 Å². The molecule has 6 heteroatoms. The number of ketones is 1. The Labute approximate surface area is 172 Å². The number of carboxylic acids is 1. The van der Waals surface area contributed by atoms with Crippen LogP contribution in [0.1, 0.15) is 10.4 Å². The molecule has 0 saturated heterocycles. The van der Waals surface area contributed by atoms with E-state index in [9.17, 15) is 9.59 Å². The summed E-state index contributed by atoms with van der Waals surface area (Å²) in [5, 5.41) is 10.9. The van der Waals surface area contributed by atoms with Crippen molar-refractivity contribution in [3.8, 4) is 11.5 Å². The summed E-state index contributed by atoms with van der Waals surface area (Å²) in [6.45, 7) is 0.702. The number of ether oxygens (including phenoxy) is 2. The van der Waals surface area contributed by atoms with Crippen LogP contribution in [0, 0.1) is 0 Å². The number of aliphatic carboxylic acids is 1. The first-order chi connectivity index (χ1) is 12.1. The fourth-order valence-corrected chi connectivity index (χ4v) is 2.40. The SMILES string of the molecule is O=C(O)C(=O)c1ccc(OCCOc2ccc3ccccc3c2)cc1.[NaH]. The minimum absolute atomic E-state index is 0. The van der Waals surface area contributed by atoms with Gasteiger partial charge in [0, 0.05) is 5.56 Å². The van der Waals surface area contributed by atoms with Crippen molar-refractivity contribution >= 4 is 52.1 Å². The predicted octanol–water partition coefficient (Wildman–Crippen LogP) is 2.92. The van der Waals surface area contributed by atoms with Crippen LogP contribution in [0.5, 0.6) is 11.5 Å². The first kappa shape index (κ1) is 20.0. The Kier molecular flexibility index (Phi) is 7.21. The van der Waals surface area contributed by atoms with Crippen LogP contribution in [0.4, 0.5) is 0 Å². The van der Waals surface area contributed by atoms with Gasteiger partial charge in [0.1, 0.15) is 24.7 Å². The molecule has 0 saturated carbocycles. The normalized spacial score (nSPS) is 10.0. The molecular formula is C20H17NaO5. The van der Waals surface area contributed by atoms with E-state index in [-0.39, 0.29) is 35.1 Å². The van der Waals surface area contributed by atoms with Crippen LogP contribution in [0.25, 0.3) is 10.8 Å². The molecule has 128 valence electrons. The molecular weight excluding hydrogens is 343 g/mol. The average molecular weight is 360 g/mol. The van der Waals surface area contributed by atoms with Gasteiger partial charge in [-0.3, -0.25) is 4.79 Å². The number of carboxylic acid groups (broad SMARTS) is 1. The van der Waals surface area contributed by atoms with Crippen LogP contribution < -0.4 is 9.47 Å². The molecule has 0 aromatic heterocycles. The van der Waals surface area contributed by atoms with Crippen LogP contribution in [0.2, 0.25) is 0 Å². The molecule has 0 atom stereocenters. The van der Waals surface area contributed by atoms with Crippen molar-refractivity contribution in [3.05, 3.63) is 72.3 Å². The third-order valence-corrected chi connectivity index (χ3v) is 3.65. The van der Waals surface area contributed by atoms with Gasteiger partial charge in [-0.15, -0.1) is 0 Å². The van der Waals surface area contributed by atoms with Crippen LogP contribution in [0.3, 0.4) is 0 Å². The van der Waals surface area contributed by atoms with E-state index in [0.29, 0.717) is 19.0 Å². The van der Waals surface area contributed by atoms with Gasteiger partial charge < -0.3 is 14.6 Å². The van der Waals surface area contributed by atoms with E-state index >= 15 is 0 Å². The van der Waals surface area contributed by atoms with Crippen LogP contribution in [0.15, 0.2) is 66.7 Å². The summed E-state index contributed by atoms with van der Waals surface area (Å²) in [4.78, 5) is 21.9. The first-order valence-electron chi connectivity index (χ1n) is 7.75. The molecule has 1 N–H and O–H groups in total. The number of benzene rings is 3. The van der Waals surface area contributed by atoms with Crippen molar-refractivity contribution < 1.29 is 24.2 Å². The fraction of sp³-hybridized carbons (Fsp3) is 0.100. The zero-order valence-electron chi connectivity index (χ0n) is 13.3. The molecule has 0 fully saturated rings. The van der Waals surface area contributed by atoms with E-state index < -0.39 is 11.8 Å². The van der Waals surface area contributed by atoms with E-state index in [0.717, 1.165) is 16.5 Å². The molecule has 3 aromatic carbocycles. The Bertz CT molecular complexity index is 905. The van der Waals surface area contributed by atoms with E-state index in [2.05, 4.69) is 0 Å². The van der Waals surface area contributed by atoms with E-state index in [1.54, 1.807) is 12.1 Å². The van der Waals surface area contributed by atoms with Crippen LogP contribution in [-0.4, -0.2) is 59.6 Å². The van der Waals surface area contributed by atoms with Crippen molar-refractivity contribution in [2.45, 2.75) is 0 Å². The van der Waals surface area contributed by atoms with Crippen molar-refractivity contribution in [3.63, 3.8) is 0 Å². The Hall–Kier alpha value is -2.34. The van der Waals surface area contributed by atoms with Crippen LogP contribution in [-0.2, 0) is 4.79 Å². The quantitative estimate of drug-likeness (QED) is 0.304. The van der Waals surface area contributed by atoms with Gasteiger partial charge in [0.05, 0.1) is 0 Å². The van der Waals surface area contributed by atoms with E-state index in [1.165, 1.54) is 12.1 Å². The minimum atomic E-state index is -1.47. The second-order valence-electron chi connectivity index (χ2n) is 5.36. The summed E-state index contributed by atoms with van der Waals surface area (Å²) in [6, 6.07) is 19.9. The molecule has 0 bridgehead atoms. The Morgan fingerprint density at radius 2 is 1.35 bits per heavy atom. The topological polar surface area (TPSA) is 72.8 Å². The maximum absolute atomic E-state index is 11.3. The number of Topliss-reactive ketones (excluding diaryl/α,β-unsaturated/α-hetero) is 1. The molecule has 0 unspecified atom stereocenters. The number of carbonyl (C=O) groups excluding carboxylic acids is 1. The van der Waals surface area contributed by atoms with Crippen molar-refractivity contribution in [1.29, 1.82) is 0 Å². The van der Waals surface area contributed by atoms with Crippen molar-refractivity contribution in [1.82, 2.24) is 0 Å². The summed E-state index contributed by atoms with van der Waals surface area (Å²) < 4.78 is 11.2. The molecule has 3 rings (SSSR count). The van der Waals surface area contributed by atoms with Gasteiger partial charge in [-0.2, -0.15) is 0 Å². The van der Waals surface area contributed by atoms with Crippen LogP contribution >= 0.6 is 0 Å². The molecule has 0 spiro atoms. The van der Waals surface area contributed by atoms with Gasteiger partial charge >= 0.3 is 35.5 Å². The summed E-state index contributed by atoms with van der Waals surface area (Å²) in [6.07, 6.45) is 0. The molecule has 0 radical (unpaired) electrons. The second kappa shape index (κ2) is 9.38. The molecule has 0 aliphatic rings. The standard InChI is InChI=1S/C20H16O5.Na.H/c21-19(20(22)23)15-6-8-17(9-7-15)24-11-12-25-18-10-5-14-3-1-2-4-16(14)13-18;;/h1-10,13H,11-12H2,(H,22,23);;. The molecule has 0 heterocycles. The van der Waals surface area contributed by atoms with Gasteiger partial charge in [-0.05, 0) is 47.2 Å². The zero-order chi connectivity index (χ0) is 17.6. The summed E-state index contributed by atoms with van der Waals surface area (Å²) in [5.41, 5.74) is 0.118. The van der Waals surface area contributed by atoms with Crippen molar-refractivity contribution in [2.75, 3.05) is 13.2 Å². The fourth-order valence-electron chi connectivity index (χ4n) is 2.40. The second-order valence-corrected chi connectivity index (χ2v) is 5.36. The number of hydrogen-bond acceptors (Lipinski definition) is 4.